The Hall–Kier alpha value is -2.43. The fourth-order valence-electron chi connectivity index (χ4n) is 1.53. The smallest absolute Gasteiger partial charge is 0.276 e. The summed E-state index contributed by atoms with van der Waals surface area (Å²) in [5, 5.41) is 10.2. The molecule has 92 valence electrons. The van der Waals surface area contributed by atoms with Crippen LogP contribution in [0.1, 0.15) is 16.1 Å². The van der Waals surface area contributed by atoms with Crippen molar-refractivity contribution in [3.8, 4) is 5.75 Å². The first-order valence-electron chi connectivity index (χ1n) is 5.44. The Morgan fingerprint density at radius 1 is 1.33 bits per heavy atom. The second kappa shape index (κ2) is 5.27. The van der Waals surface area contributed by atoms with Gasteiger partial charge in [0.05, 0.1) is 12.8 Å². The number of carbonyl (C=O) groups excluding carboxylic acids is 1. The molecule has 0 aliphatic carbocycles. The van der Waals surface area contributed by atoms with Gasteiger partial charge in [-0.25, -0.2) is 0 Å². The molecule has 5 nitrogen and oxygen atoms in total. The van der Waals surface area contributed by atoms with Crippen molar-refractivity contribution < 1.29 is 9.53 Å². The van der Waals surface area contributed by atoms with Gasteiger partial charge in [-0.1, -0.05) is 6.07 Å². The van der Waals surface area contributed by atoms with E-state index >= 15 is 0 Å². The number of ether oxygens (including phenoxy) is 1. The van der Waals surface area contributed by atoms with Gasteiger partial charge in [-0.05, 0) is 36.8 Å². The van der Waals surface area contributed by atoms with E-state index in [1.807, 2.05) is 25.1 Å². The summed E-state index contributed by atoms with van der Waals surface area (Å²) in [4.78, 5) is 11.9. The molecule has 0 saturated heterocycles. The van der Waals surface area contributed by atoms with Crippen LogP contribution >= 0.6 is 0 Å². The van der Waals surface area contributed by atoms with E-state index in [1.165, 1.54) is 6.20 Å². The Morgan fingerprint density at radius 2 is 2.17 bits per heavy atom. The Morgan fingerprint density at radius 3 is 2.83 bits per heavy atom. The zero-order valence-corrected chi connectivity index (χ0v) is 10.2. The summed E-state index contributed by atoms with van der Waals surface area (Å²) >= 11 is 0. The number of nitrogens with zero attached hydrogens (tertiary/aromatic N) is 2. The minimum atomic E-state index is -0.313. The highest BCUT2D eigenvalue weighted by atomic mass is 16.5. The first-order valence-corrected chi connectivity index (χ1v) is 5.44. The molecule has 1 heterocycles. The fraction of sp³-hybridized carbons (Fsp3) is 0.154. The lowest BCUT2D eigenvalue weighted by Crippen LogP contribution is -2.14. The second-order valence-corrected chi connectivity index (χ2v) is 3.77. The van der Waals surface area contributed by atoms with E-state index in [0.717, 1.165) is 5.56 Å². The van der Waals surface area contributed by atoms with Crippen LogP contribution in [0.2, 0.25) is 0 Å². The number of aryl methyl sites for hydroxylation is 1. The molecular formula is C13H13N3O2. The zero-order valence-electron chi connectivity index (χ0n) is 10.2. The third-order valence-corrected chi connectivity index (χ3v) is 2.41. The highest BCUT2D eigenvalue weighted by molar-refractivity contribution is 6.03. The molecular weight excluding hydrogens is 230 g/mol. The summed E-state index contributed by atoms with van der Waals surface area (Å²) in [7, 11) is 1.56. The number of methoxy groups -OCH3 is 1. The highest BCUT2D eigenvalue weighted by Crippen LogP contribution is 2.25. The van der Waals surface area contributed by atoms with Crippen LogP contribution in [0.5, 0.6) is 5.75 Å². The van der Waals surface area contributed by atoms with E-state index in [0.29, 0.717) is 11.4 Å². The number of aromatic nitrogens is 2. The van der Waals surface area contributed by atoms with Crippen molar-refractivity contribution in [2.45, 2.75) is 6.92 Å². The largest absolute Gasteiger partial charge is 0.495 e. The molecule has 18 heavy (non-hydrogen) atoms. The second-order valence-electron chi connectivity index (χ2n) is 3.77. The van der Waals surface area contributed by atoms with Crippen molar-refractivity contribution in [1.29, 1.82) is 0 Å². The minimum absolute atomic E-state index is 0.265. The molecule has 0 atom stereocenters. The summed E-state index contributed by atoms with van der Waals surface area (Å²) in [5.41, 5.74) is 1.92. The van der Waals surface area contributed by atoms with Crippen molar-refractivity contribution in [1.82, 2.24) is 10.2 Å². The summed E-state index contributed by atoms with van der Waals surface area (Å²) in [5.74, 6) is 0.296. The van der Waals surface area contributed by atoms with Gasteiger partial charge in [-0.2, -0.15) is 5.10 Å². The normalized spacial score (nSPS) is 9.89. The molecule has 0 aliphatic rings. The van der Waals surface area contributed by atoms with Crippen LogP contribution in [-0.2, 0) is 0 Å². The number of hydrogen-bond acceptors (Lipinski definition) is 4. The molecule has 0 spiro atoms. The van der Waals surface area contributed by atoms with Crippen molar-refractivity contribution in [3.63, 3.8) is 0 Å². The molecule has 1 aromatic carbocycles. The van der Waals surface area contributed by atoms with Crippen molar-refractivity contribution in [2.24, 2.45) is 0 Å². The summed E-state index contributed by atoms with van der Waals surface area (Å²) in [6.45, 7) is 1.94. The molecule has 1 N–H and O–H groups in total. The van der Waals surface area contributed by atoms with Crippen LogP contribution < -0.4 is 10.1 Å². The summed E-state index contributed by atoms with van der Waals surface area (Å²) in [6, 6.07) is 8.82. The van der Waals surface area contributed by atoms with Crippen molar-refractivity contribution in [3.05, 3.63) is 47.8 Å². The van der Waals surface area contributed by atoms with E-state index < -0.39 is 0 Å². The van der Waals surface area contributed by atoms with Gasteiger partial charge in [0.15, 0.2) is 5.69 Å². The average Bonchev–Trinajstić information content (AvgIpc) is 2.40. The third-order valence-electron chi connectivity index (χ3n) is 2.41. The number of benzene rings is 1. The van der Waals surface area contributed by atoms with Crippen LogP contribution in [0.3, 0.4) is 0 Å². The number of nitrogens with one attached hydrogen (secondary N) is 1. The number of anilines is 1. The maximum absolute atomic E-state index is 11.9. The van der Waals surface area contributed by atoms with E-state index in [2.05, 4.69) is 15.5 Å². The number of amides is 1. The molecule has 1 amide bonds. The van der Waals surface area contributed by atoms with Gasteiger partial charge >= 0.3 is 0 Å². The van der Waals surface area contributed by atoms with E-state index in [-0.39, 0.29) is 11.6 Å². The Kier molecular flexibility index (Phi) is 3.52. The average molecular weight is 243 g/mol. The van der Waals surface area contributed by atoms with Crippen LogP contribution in [0.4, 0.5) is 5.69 Å². The predicted octanol–water partition coefficient (Wildman–Crippen LogP) is 2.05. The maximum atomic E-state index is 11.9. The fourth-order valence-corrected chi connectivity index (χ4v) is 1.53. The standard InChI is InChI=1S/C13H13N3O2/c1-9-5-6-12(18-2)11(8-9)15-13(17)10-4-3-7-14-16-10/h3-8H,1-2H3,(H,15,17). The molecule has 0 aliphatic heterocycles. The molecule has 2 rings (SSSR count). The molecule has 0 bridgehead atoms. The maximum Gasteiger partial charge on any atom is 0.276 e. The van der Waals surface area contributed by atoms with Crippen LogP contribution in [0.15, 0.2) is 36.5 Å². The number of carbonyl (C=O) groups is 1. The highest BCUT2D eigenvalue weighted by Gasteiger charge is 2.10. The van der Waals surface area contributed by atoms with Gasteiger partial charge in [0.2, 0.25) is 0 Å². The van der Waals surface area contributed by atoms with E-state index in [1.54, 1.807) is 19.2 Å². The molecule has 0 saturated carbocycles. The minimum Gasteiger partial charge on any atom is -0.495 e. The van der Waals surface area contributed by atoms with Gasteiger partial charge in [0, 0.05) is 6.20 Å². The van der Waals surface area contributed by atoms with Gasteiger partial charge in [0.1, 0.15) is 5.75 Å². The third kappa shape index (κ3) is 2.63. The molecule has 0 fully saturated rings. The lowest BCUT2D eigenvalue weighted by atomic mass is 10.2. The van der Waals surface area contributed by atoms with Crippen LogP contribution in [-0.4, -0.2) is 23.2 Å². The number of rotatable bonds is 3. The van der Waals surface area contributed by atoms with E-state index in [9.17, 15) is 4.79 Å². The molecule has 0 radical (unpaired) electrons. The first kappa shape index (κ1) is 12.0. The number of hydrogen-bond donors (Lipinski definition) is 1. The molecule has 5 heteroatoms. The van der Waals surface area contributed by atoms with Crippen molar-refractivity contribution in [2.75, 3.05) is 12.4 Å². The van der Waals surface area contributed by atoms with Crippen LogP contribution in [0.25, 0.3) is 0 Å². The molecule has 2 aromatic rings. The Bertz CT molecular complexity index is 555. The lowest BCUT2D eigenvalue weighted by Gasteiger charge is -2.10. The SMILES string of the molecule is COc1ccc(C)cc1NC(=O)c1cccnn1. The summed E-state index contributed by atoms with van der Waals surface area (Å²) in [6.07, 6.45) is 1.52. The Balaban J connectivity index is 2.24. The predicted molar refractivity (Wildman–Crippen MR) is 67.7 cm³/mol. The van der Waals surface area contributed by atoms with Gasteiger partial charge in [-0.3, -0.25) is 4.79 Å². The first-order chi connectivity index (χ1) is 8.70. The quantitative estimate of drug-likeness (QED) is 0.896. The Labute approximate surface area is 105 Å². The van der Waals surface area contributed by atoms with Crippen molar-refractivity contribution >= 4 is 11.6 Å². The van der Waals surface area contributed by atoms with E-state index in [4.69, 9.17) is 4.74 Å². The van der Waals surface area contributed by atoms with Crippen LogP contribution in [0, 0.1) is 6.92 Å². The zero-order chi connectivity index (χ0) is 13.0. The topological polar surface area (TPSA) is 64.1 Å². The summed E-state index contributed by atoms with van der Waals surface area (Å²) < 4.78 is 5.19. The van der Waals surface area contributed by atoms with Gasteiger partial charge < -0.3 is 10.1 Å². The molecule has 0 unspecified atom stereocenters. The molecule has 1 aromatic heterocycles. The monoisotopic (exact) mass is 243 g/mol. The lowest BCUT2D eigenvalue weighted by molar-refractivity contribution is 0.102. The van der Waals surface area contributed by atoms with Gasteiger partial charge in [0.25, 0.3) is 5.91 Å². The van der Waals surface area contributed by atoms with Gasteiger partial charge in [-0.15, -0.1) is 5.10 Å².